The number of ether oxygens (including phenoxy) is 1. The van der Waals surface area contributed by atoms with Gasteiger partial charge in [0.1, 0.15) is 11.6 Å². The van der Waals surface area contributed by atoms with Gasteiger partial charge >= 0.3 is 0 Å². The number of aryl methyl sites for hydroxylation is 1. The normalized spacial score (nSPS) is 13.2. The molecule has 0 bridgehead atoms. The van der Waals surface area contributed by atoms with E-state index in [9.17, 15) is 9.18 Å². The van der Waals surface area contributed by atoms with E-state index in [1.54, 1.807) is 12.1 Å². The van der Waals surface area contributed by atoms with E-state index in [4.69, 9.17) is 4.74 Å². The van der Waals surface area contributed by atoms with E-state index in [0.29, 0.717) is 12.2 Å². The zero-order valence-electron chi connectivity index (χ0n) is 13.7. The van der Waals surface area contributed by atoms with Gasteiger partial charge in [-0.3, -0.25) is 4.79 Å². The molecule has 2 aromatic rings. The minimum Gasteiger partial charge on any atom is -0.480 e. The molecule has 0 saturated carbocycles. The topological polar surface area (TPSA) is 38.3 Å². The van der Waals surface area contributed by atoms with Gasteiger partial charge < -0.3 is 10.1 Å². The smallest absolute Gasteiger partial charge is 0.261 e. The summed E-state index contributed by atoms with van der Waals surface area (Å²) in [5.74, 6) is 0.248. The molecule has 0 aliphatic rings. The van der Waals surface area contributed by atoms with E-state index in [1.165, 1.54) is 12.1 Å². The zero-order chi connectivity index (χ0) is 16.8. The summed E-state index contributed by atoms with van der Waals surface area (Å²) in [5.41, 5.74) is 1.84. The molecule has 2 rings (SSSR count). The first kappa shape index (κ1) is 17.0. The summed E-state index contributed by atoms with van der Waals surface area (Å²) in [7, 11) is 0. The molecule has 1 N–H and O–H groups in total. The summed E-state index contributed by atoms with van der Waals surface area (Å²) >= 11 is 0. The molecule has 2 aromatic carbocycles. The van der Waals surface area contributed by atoms with Gasteiger partial charge in [-0.15, -0.1) is 0 Å². The molecule has 0 unspecified atom stereocenters. The Morgan fingerprint density at radius 3 is 2.43 bits per heavy atom. The first-order valence-corrected chi connectivity index (χ1v) is 7.79. The van der Waals surface area contributed by atoms with Gasteiger partial charge in [0, 0.05) is 0 Å². The van der Waals surface area contributed by atoms with Gasteiger partial charge in [0.05, 0.1) is 6.04 Å². The fourth-order valence-electron chi connectivity index (χ4n) is 2.31. The number of amides is 1. The van der Waals surface area contributed by atoms with Gasteiger partial charge in [0.2, 0.25) is 0 Å². The van der Waals surface area contributed by atoms with Crippen LogP contribution >= 0.6 is 0 Å². The van der Waals surface area contributed by atoms with Crippen LogP contribution in [0.5, 0.6) is 5.75 Å². The van der Waals surface area contributed by atoms with Crippen molar-refractivity contribution in [2.75, 3.05) is 0 Å². The van der Waals surface area contributed by atoms with E-state index < -0.39 is 6.10 Å². The van der Waals surface area contributed by atoms with Gasteiger partial charge in [-0.2, -0.15) is 0 Å². The maximum Gasteiger partial charge on any atom is 0.261 e. The zero-order valence-corrected chi connectivity index (χ0v) is 13.7. The van der Waals surface area contributed by atoms with Crippen LogP contribution in [-0.2, 0) is 4.79 Å². The fraction of sp³-hybridized carbons (Fsp3) is 0.316. The summed E-state index contributed by atoms with van der Waals surface area (Å²) in [6.45, 7) is 5.72. The molecule has 4 heteroatoms. The van der Waals surface area contributed by atoms with Gasteiger partial charge in [0.25, 0.3) is 5.91 Å². The summed E-state index contributed by atoms with van der Waals surface area (Å²) < 4.78 is 18.8. The molecule has 0 radical (unpaired) electrons. The second-order valence-corrected chi connectivity index (χ2v) is 5.56. The number of benzene rings is 2. The van der Waals surface area contributed by atoms with E-state index in [1.807, 2.05) is 45.0 Å². The highest BCUT2D eigenvalue weighted by molar-refractivity contribution is 5.81. The first-order chi connectivity index (χ1) is 11.0. The van der Waals surface area contributed by atoms with Crippen molar-refractivity contribution < 1.29 is 13.9 Å². The average Bonchev–Trinajstić information content (AvgIpc) is 2.54. The van der Waals surface area contributed by atoms with Crippen LogP contribution in [0.2, 0.25) is 0 Å². The number of hydrogen-bond donors (Lipinski definition) is 1. The van der Waals surface area contributed by atoms with Crippen LogP contribution in [-0.4, -0.2) is 12.0 Å². The lowest BCUT2D eigenvalue weighted by molar-refractivity contribution is -0.128. The molecule has 1 amide bonds. The minimum atomic E-state index is -0.556. The summed E-state index contributed by atoms with van der Waals surface area (Å²) in [6, 6.07) is 13.5. The van der Waals surface area contributed by atoms with Gasteiger partial charge in [-0.1, -0.05) is 37.3 Å². The number of nitrogens with one attached hydrogen (secondary N) is 1. The molecule has 122 valence electrons. The van der Waals surface area contributed by atoms with Crippen LogP contribution in [0.15, 0.2) is 48.5 Å². The maximum absolute atomic E-state index is 13.0. The molecule has 0 aliphatic carbocycles. The molecule has 2 atom stereocenters. The van der Waals surface area contributed by atoms with Crippen LogP contribution < -0.4 is 10.1 Å². The number of halogens is 1. The summed E-state index contributed by atoms with van der Waals surface area (Å²) in [4.78, 5) is 12.4. The second kappa shape index (κ2) is 7.77. The van der Waals surface area contributed by atoms with Crippen LogP contribution in [0.25, 0.3) is 0 Å². The van der Waals surface area contributed by atoms with Gasteiger partial charge in [0.15, 0.2) is 6.10 Å². The third kappa shape index (κ3) is 4.55. The van der Waals surface area contributed by atoms with E-state index in [0.717, 1.165) is 11.1 Å². The van der Waals surface area contributed by atoms with Gasteiger partial charge in [-0.05, 0) is 49.6 Å². The van der Waals surface area contributed by atoms with Crippen LogP contribution in [0.4, 0.5) is 4.39 Å². The van der Waals surface area contributed by atoms with E-state index in [-0.39, 0.29) is 17.8 Å². The lowest BCUT2D eigenvalue weighted by Crippen LogP contribution is -2.39. The molecule has 0 heterocycles. The molecule has 0 aliphatic heterocycles. The quantitative estimate of drug-likeness (QED) is 0.869. The Balaban J connectivity index is 2.02. The van der Waals surface area contributed by atoms with E-state index >= 15 is 0 Å². The van der Waals surface area contributed by atoms with Crippen molar-refractivity contribution in [1.29, 1.82) is 0 Å². The Morgan fingerprint density at radius 1 is 1.17 bits per heavy atom. The highest BCUT2D eigenvalue weighted by Crippen LogP contribution is 2.20. The lowest BCUT2D eigenvalue weighted by atomic mass is 10.1. The van der Waals surface area contributed by atoms with Crippen LogP contribution in [0, 0.1) is 12.7 Å². The predicted molar refractivity (Wildman–Crippen MR) is 88.8 cm³/mol. The lowest BCUT2D eigenvalue weighted by Gasteiger charge is -2.21. The number of carbonyl (C=O) groups excluding carboxylic acids is 1. The maximum atomic E-state index is 13.0. The Hall–Kier alpha value is -2.36. The number of hydrogen-bond acceptors (Lipinski definition) is 2. The highest BCUT2D eigenvalue weighted by atomic mass is 19.1. The predicted octanol–water partition coefficient (Wildman–Crippen LogP) is 4.17. The van der Waals surface area contributed by atoms with Crippen molar-refractivity contribution in [2.24, 2.45) is 0 Å². The van der Waals surface area contributed by atoms with Crippen LogP contribution in [0.1, 0.15) is 37.4 Å². The largest absolute Gasteiger partial charge is 0.480 e. The molecular weight excluding hydrogens is 293 g/mol. The molecule has 0 spiro atoms. The number of rotatable bonds is 6. The molecule has 3 nitrogen and oxygen atoms in total. The molecule has 23 heavy (non-hydrogen) atoms. The minimum absolute atomic E-state index is 0.174. The second-order valence-electron chi connectivity index (χ2n) is 5.56. The molecular formula is C19H22FNO2. The van der Waals surface area contributed by atoms with Gasteiger partial charge in [-0.25, -0.2) is 4.39 Å². The number of carbonyl (C=O) groups is 1. The molecule has 0 fully saturated rings. The third-order valence-corrected chi connectivity index (χ3v) is 3.75. The Labute approximate surface area is 136 Å². The standard InChI is InChI=1S/C19H22FNO2/c1-4-17(23-18-8-6-5-7-13(18)2)19(22)21-14(3)15-9-11-16(20)12-10-15/h5-12,14,17H,4H2,1-3H3,(H,21,22)/t14-,17+/m0/s1. The Morgan fingerprint density at radius 2 is 1.83 bits per heavy atom. The molecule has 0 aromatic heterocycles. The highest BCUT2D eigenvalue weighted by Gasteiger charge is 2.21. The Bertz CT molecular complexity index is 655. The van der Waals surface area contributed by atoms with Crippen molar-refractivity contribution >= 4 is 5.91 Å². The molecule has 0 saturated heterocycles. The first-order valence-electron chi connectivity index (χ1n) is 7.79. The van der Waals surface area contributed by atoms with Crippen molar-refractivity contribution in [3.05, 3.63) is 65.5 Å². The number of para-hydroxylation sites is 1. The Kier molecular flexibility index (Phi) is 5.74. The third-order valence-electron chi connectivity index (χ3n) is 3.75. The fourth-order valence-corrected chi connectivity index (χ4v) is 2.31. The monoisotopic (exact) mass is 315 g/mol. The van der Waals surface area contributed by atoms with Crippen molar-refractivity contribution in [1.82, 2.24) is 5.32 Å². The average molecular weight is 315 g/mol. The summed E-state index contributed by atoms with van der Waals surface area (Å²) in [6.07, 6.45) is 0.00930. The van der Waals surface area contributed by atoms with Crippen LogP contribution in [0.3, 0.4) is 0 Å². The summed E-state index contributed by atoms with van der Waals surface area (Å²) in [5, 5.41) is 2.92. The SMILES string of the molecule is CC[C@@H](Oc1ccccc1C)C(=O)N[C@@H](C)c1ccc(F)cc1. The van der Waals surface area contributed by atoms with Crippen molar-refractivity contribution in [3.63, 3.8) is 0 Å². The van der Waals surface area contributed by atoms with Crippen molar-refractivity contribution in [3.8, 4) is 5.75 Å². The van der Waals surface area contributed by atoms with E-state index in [2.05, 4.69) is 5.32 Å². The van der Waals surface area contributed by atoms with Crippen molar-refractivity contribution in [2.45, 2.75) is 39.3 Å².